The number of hydrogen-bond donors (Lipinski definition) is 2. The Kier molecular flexibility index (Phi) is 6.48. The fourth-order valence-electron chi connectivity index (χ4n) is 4.66. The first-order valence-electron chi connectivity index (χ1n) is 11.6. The smallest absolute Gasteiger partial charge is 0.422 e. The van der Waals surface area contributed by atoms with E-state index in [9.17, 15) is 31.2 Å². The Morgan fingerprint density at radius 2 is 2.08 bits per heavy atom. The van der Waals surface area contributed by atoms with E-state index in [1.54, 1.807) is 18.2 Å². The number of nitrogens with one attached hydrogen (secondary N) is 2. The number of sulfone groups is 1. The van der Waals surface area contributed by atoms with Crippen LogP contribution in [0, 0.1) is 0 Å². The van der Waals surface area contributed by atoms with Crippen LogP contribution in [0.15, 0.2) is 42.6 Å². The van der Waals surface area contributed by atoms with Gasteiger partial charge in [-0.1, -0.05) is 6.07 Å². The first-order chi connectivity index (χ1) is 18.3. The summed E-state index contributed by atoms with van der Waals surface area (Å²) in [5, 5.41) is 10.0. The van der Waals surface area contributed by atoms with Crippen LogP contribution < -0.4 is 20.1 Å². The third-order valence-corrected chi connectivity index (χ3v) is 6.97. The van der Waals surface area contributed by atoms with Gasteiger partial charge in [-0.05, 0) is 24.3 Å². The van der Waals surface area contributed by atoms with Crippen molar-refractivity contribution in [2.24, 2.45) is 0 Å². The number of nitrogens with zero attached hydrogens (tertiary/aromatic N) is 3. The van der Waals surface area contributed by atoms with Crippen molar-refractivity contribution in [3.8, 4) is 17.3 Å². The van der Waals surface area contributed by atoms with Gasteiger partial charge < -0.3 is 20.1 Å². The molecule has 0 radical (unpaired) electrons. The lowest BCUT2D eigenvalue weighted by Crippen LogP contribution is -2.53. The van der Waals surface area contributed by atoms with Crippen LogP contribution in [0.5, 0.6) is 11.5 Å². The van der Waals surface area contributed by atoms with Crippen LogP contribution >= 0.6 is 0 Å². The second kappa shape index (κ2) is 9.55. The number of rotatable bonds is 6. The average Bonchev–Trinajstić information content (AvgIpc) is 3.19. The highest BCUT2D eigenvalue weighted by Crippen LogP contribution is 2.44. The van der Waals surface area contributed by atoms with Crippen LogP contribution in [0.25, 0.3) is 5.82 Å². The minimum absolute atomic E-state index is 0.0344. The largest absolute Gasteiger partial charge is 0.493 e. The van der Waals surface area contributed by atoms with E-state index in [1.807, 2.05) is 0 Å². The summed E-state index contributed by atoms with van der Waals surface area (Å²) in [5.74, 6) is -1.78. The molecular weight excluding hydrogens is 543 g/mol. The van der Waals surface area contributed by atoms with Crippen LogP contribution in [0.4, 0.5) is 19.0 Å². The summed E-state index contributed by atoms with van der Waals surface area (Å²) in [5.41, 5.74) is -0.116. The number of carbonyl (C=O) groups is 2. The summed E-state index contributed by atoms with van der Waals surface area (Å²) in [6.07, 6.45) is -1.61. The van der Waals surface area contributed by atoms with Gasteiger partial charge in [-0.25, -0.2) is 13.4 Å². The third kappa shape index (κ3) is 5.53. The minimum atomic E-state index is -4.51. The molecule has 15 heteroatoms. The molecule has 39 heavy (non-hydrogen) atoms. The maximum Gasteiger partial charge on any atom is 0.422 e. The molecule has 2 amide bonds. The van der Waals surface area contributed by atoms with Gasteiger partial charge in [0.2, 0.25) is 5.91 Å². The summed E-state index contributed by atoms with van der Waals surface area (Å²) in [4.78, 5) is 30.3. The Hall–Kier alpha value is -4.14. The van der Waals surface area contributed by atoms with Crippen molar-refractivity contribution in [2.45, 2.75) is 24.6 Å². The highest BCUT2D eigenvalue weighted by molar-refractivity contribution is 7.91. The molecule has 1 atom stereocenters. The molecule has 0 bridgehead atoms. The first kappa shape index (κ1) is 26.5. The fourth-order valence-corrected chi connectivity index (χ4v) is 5.21. The Bertz CT molecular complexity index is 1560. The summed E-state index contributed by atoms with van der Waals surface area (Å²) in [6.45, 7) is -1.31. The third-order valence-electron chi connectivity index (χ3n) is 6.18. The van der Waals surface area contributed by atoms with Crippen molar-refractivity contribution in [1.29, 1.82) is 0 Å². The quantitative estimate of drug-likeness (QED) is 0.463. The second-order valence-electron chi connectivity index (χ2n) is 9.26. The lowest BCUT2D eigenvalue weighted by molar-refractivity contribution is -0.153. The lowest BCUT2D eigenvalue weighted by atomic mass is 9.77. The molecule has 4 heterocycles. The van der Waals surface area contributed by atoms with Crippen LogP contribution in [-0.4, -0.2) is 66.4 Å². The molecule has 5 rings (SSSR count). The molecular formula is C24H22F3N5O6S. The number of anilines is 1. The van der Waals surface area contributed by atoms with Gasteiger partial charge >= 0.3 is 6.18 Å². The van der Waals surface area contributed by atoms with Crippen molar-refractivity contribution in [3.63, 3.8) is 0 Å². The molecule has 3 aromatic rings. The van der Waals surface area contributed by atoms with E-state index in [0.717, 1.165) is 6.26 Å². The normalized spacial score (nSPS) is 18.5. The van der Waals surface area contributed by atoms with Crippen molar-refractivity contribution in [1.82, 2.24) is 20.1 Å². The Balaban J connectivity index is 1.53. The SMILES string of the molecule is CS(=O)(=O)CC(=O)Nc1c2c(nn1-c1ccccn1)C[C@]1(CCOc3cc(OCC(F)(F)F)ccc31)NC2=O. The van der Waals surface area contributed by atoms with E-state index in [2.05, 4.69) is 20.7 Å². The number of aromatic nitrogens is 3. The monoisotopic (exact) mass is 565 g/mol. The maximum atomic E-state index is 13.5. The number of fused-ring (bicyclic) bond motifs is 3. The number of pyridine rings is 1. The zero-order chi connectivity index (χ0) is 28.0. The fraction of sp³-hybridized carbons (Fsp3) is 0.333. The zero-order valence-electron chi connectivity index (χ0n) is 20.4. The summed E-state index contributed by atoms with van der Waals surface area (Å²) in [7, 11) is -3.65. The molecule has 1 spiro atoms. The van der Waals surface area contributed by atoms with Gasteiger partial charge in [-0.3, -0.25) is 9.59 Å². The molecule has 2 aliphatic heterocycles. The second-order valence-corrected chi connectivity index (χ2v) is 11.4. The summed E-state index contributed by atoms with van der Waals surface area (Å²) >= 11 is 0. The number of alkyl halides is 3. The predicted octanol–water partition coefficient (Wildman–Crippen LogP) is 2.16. The standard InChI is InChI=1S/C24H22F3N5O6S/c1-39(35,36)12-19(33)29-21-20-16(31-32(21)18-4-2-3-8-28-18)11-23(30-22(20)34)7-9-37-17-10-14(5-6-15(17)23)38-13-24(25,26)27/h2-6,8,10H,7,9,11-13H2,1H3,(H,29,33)(H,30,34)/t23-/m0/s1. The van der Waals surface area contributed by atoms with Gasteiger partial charge in [-0.15, -0.1) is 0 Å². The highest BCUT2D eigenvalue weighted by Gasteiger charge is 2.46. The number of hydrogen-bond acceptors (Lipinski definition) is 8. The number of benzene rings is 1. The van der Waals surface area contributed by atoms with Crippen molar-refractivity contribution >= 4 is 27.5 Å². The number of amides is 2. The molecule has 0 unspecified atom stereocenters. The number of carbonyl (C=O) groups excluding carboxylic acids is 2. The van der Waals surface area contributed by atoms with Crippen LogP contribution in [0.1, 0.15) is 28.0 Å². The van der Waals surface area contributed by atoms with Gasteiger partial charge in [0.1, 0.15) is 22.8 Å². The molecule has 2 N–H and O–H groups in total. The van der Waals surface area contributed by atoms with Crippen LogP contribution in [0.2, 0.25) is 0 Å². The molecule has 206 valence electrons. The molecule has 2 aliphatic rings. The maximum absolute atomic E-state index is 13.5. The van der Waals surface area contributed by atoms with Gasteiger partial charge in [-0.2, -0.15) is 23.0 Å². The van der Waals surface area contributed by atoms with Crippen LogP contribution in [0.3, 0.4) is 0 Å². The molecule has 0 fully saturated rings. The van der Waals surface area contributed by atoms with Gasteiger partial charge in [0.25, 0.3) is 5.91 Å². The Labute approximate surface area is 220 Å². The van der Waals surface area contributed by atoms with Gasteiger partial charge in [0.15, 0.2) is 28.1 Å². The number of ether oxygens (including phenoxy) is 2. The van der Waals surface area contributed by atoms with E-state index in [4.69, 9.17) is 9.47 Å². The first-order valence-corrected chi connectivity index (χ1v) is 13.7. The Morgan fingerprint density at radius 1 is 1.28 bits per heavy atom. The summed E-state index contributed by atoms with van der Waals surface area (Å²) < 4.78 is 72.9. The van der Waals surface area contributed by atoms with E-state index in [1.165, 1.54) is 29.1 Å². The van der Waals surface area contributed by atoms with Crippen molar-refractivity contribution in [3.05, 3.63) is 59.4 Å². The topological polar surface area (TPSA) is 142 Å². The molecule has 1 aromatic carbocycles. The molecule has 0 saturated carbocycles. The molecule has 11 nitrogen and oxygen atoms in total. The molecule has 2 aromatic heterocycles. The van der Waals surface area contributed by atoms with Crippen LogP contribution in [-0.2, 0) is 26.6 Å². The average molecular weight is 566 g/mol. The van der Waals surface area contributed by atoms with Crippen molar-refractivity contribution in [2.75, 3.05) is 30.5 Å². The number of halogens is 3. The lowest BCUT2D eigenvalue weighted by Gasteiger charge is -2.41. The van der Waals surface area contributed by atoms with E-state index in [-0.39, 0.29) is 41.7 Å². The minimum Gasteiger partial charge on any atom is -0.493 e. The van der Waals surface area contributed by atoms with Gasteiger partial charge in [0, 0.05) is 36.9 Å². The highest BCUT2D eigenvalue weighted by atomic mass is 32.2. The van der Waals surface area contributed by atoms with Crippen molar-refractivity contribution < 1.29 is 40.7 Å². The molecule has 0 aliphatic carbocycles. The molecule has 0 saturated heterocycles. The van der Waals surface area contributed by atoms with Gasteiger partial charge in [0.05, 0.1) is 17.8 Å². The van der Waals surface area contributed by atoms with E-state index in [0.29, 0.717) is 17.7 Å². The summed E-state index contributed by atoms with van der Waals surface area (Å²) in [6, 6.07) is 9.20. The zero-order valence-corrected chi connectivity index (χ0v) is 21.2. The van der Waals surface area contributed by atoms with E-state index >= 15 is 0 Å². The Morgan fingerprint density at radius 3 is 2.77 bits per heavy atom. The van der Waals surface area contributed by atoms with E-state index < -0.39 is 45.7 Å². The predicted molar refractivity (Wildman–Crippen MR) is 131 cm³/mol.